The normalized spacial score (nSPS) is 19.9. The molecular weight excluding hydrogens is 272 g/mol. The summed E-state index contributed by atoms with van der Waals surface area (Å²) < 4.78 is 26.4. The Morgan fingerprint density at radius 2 is 2.14 bits per heavy atom. The minimum atomic E-state index is -0.779. The number of hydrogen-bond acceptors (Lipinski definition) is 2. The van der Waals surface area contributed by atoms with Crippen LogP contribution < -0.4 is 0 Å². The first-order valence-electron chi connectivity index (χ1n) is 7.30. The van der Waals surface area contributed by atoms with E-state index in [0.717, 1.165) is 49.4 Å². The second-order valence-corrected chi connectivity index (χ2v) is 5.79. The molecule has 1 aliphatic heterocycles. The second kappa shape index (κ2) is 5.93. The van der Waals surface area contributed by atoms with Gasteiger partial charge in [0.1, 0.15) is 0 Å². The smallest absolute Gasteiger partial charge is 0.159 e. The number of halogens is 2. The number of rotatable bonds is 3. The molecule has 21 heavy (non-hydrogen) atoms. The number of likely N-dealkylation sites (tertiary alicyclic amines) is 1. The summed E-state index contributed by atoms with van der Waals surface area (Å²) in [5, 5.41) is 7.20. The molecule has 1 aromatic carbocycles. The molecule has 2 heterocycles. The maximum Gasteiger partial charge on any atom is 0.159 e. The predicted molar refractivity (Wildman–Crippen MR) is 76.9 cm³/mol. The van der Waals surface area contributed by atoms with Crippen molar-refractivity contribution in [2.75, 3.05) is 13.1 Å². The summed E-state index contributed by atoms with van der Waals surface area (Å²) in [7, 11) is 0. The number of piperidine rings is 1. The molecule has 112 valence electrons. The van der Waals surface area contributed by atoms with E-state index in [1.807, 2.05) is 13.0 Å². The van der Waals surface area contributed by atoms with E-state index in [9.17, 15) is 8.78 Å². The molecule has 0 bridgehead atoms. The summed E-state index contributed by atoms with van der Waals surface area (Å²) in [6, 6.07) is 6.30. The molecule has 1 aromatic heterocycles. The number of nitrogens with one attached hydrogen (secondary N) is 1. The average Bonchev–Trinajstić information content (AvgIpc) is 2.87. The van der Waals surface area contributed by atoms with Crippen molar-refractivity contribution in [2.45, 2.75) is 32.2 Å². The molecule has 0 aliphatic carbocycles. The molecule has 0 saturated carbocycles. The van der Waals surface area contributed by atoms with Crippen LogP contribution in [0, 0.1) is 18.6 Å². The van der Waals surface area contributed by atoms with Gasteiger partial charge < -0.3 is 0 Å². The first kappa shape index (κ1) is 14.2. The Hall–Kier alpha value is -1.75. The SMILES string of the molecule is Cc1cc(CN2CCCC(c3ccc(F)c(F)c3)C2)n[nH]1. The summed E-state index contributed by atoms with van der Waals surface area (Å²) >= 11 is 0. The third-order valence-corrected chi connectivity index (χ3v) is 4.07. The topological polar surface area (TPSA) is 31.9 Å². The Morgan fingerprint density at radius 3 is 2.86 bits per heavy atom. The highest BCUT2D eigenvalue weighted by molar-refractivity contribution is 5.22. The number of aryl methyl sites for hydroxylation is 1. The molecule has 0 spiro atoms. The molecule has 1 N–H and O–H groups in total. The third-order valence-electron chi connectivity index (χ3n) is 4.07. The van der Waals surface area contributed by atoms with Crippen LogP contribution in [-0.4, -0.2) is 28.2 Å². The lowest BCUT2D eigenvalue weighted by Gasteiger charge is -2.32. The van der Waals surface area contributed by atoms with Gasteiger partial charge in [-0.25, -0.2) is 8.78 Å². The third kappa shape index (κ3) is 3.29. The Bertz CT molecular complexity index is 624. The van der Waals surface area contributed by atoms with Crippen LogP contribution in [0.15, 0.2) is 24.3 Å². The van der Waals surface area contributed by atoms with Gasteiger partial charge in [-0.3, -0.25) is 10.00 Å². The molecule has 1 unspecified atom stereocenters. The monoisotopic (exact) mass is 291 g/mol. The highest BCUT2D eigenvalue weighted by atomic mass is 19.2. The summed E-state index contributed by atoms with van der Waals surface area (Å²) in [4.78, 5) is 2.32. The van der Waals surface area contributed by atoms with Gasteiger partial charge in [-0.15, -0.1) is 0 Å². The van der Waals surface area contributed by atoms with Gasteiger partial charge in [0.25, 0.3) is 0 Å². The maximum absolute atomic E-state index is 13.4. The van der Waals surface area contributed by atoms with Crippen LogP contribution >= 0.6 is 0 Å². The molecule has 1 aliphatic rings. The van der Waals surface area contributed by atoms with Crippen LogP contribution in [0.25, 0.3) is 0 Å². The molecule has 5 heteroatoms. The number of nitrogens with zero attached hydrogens (tertiary/aromatic N) is 2. The lowest BCUT2D eigenvalue weighted by molar-refractivity contribution is 0.198. The van der Waals surface area contributed by atoms with Crippen molar-refractivity contribution in [1.82, 2.24) is 15.1 Å². The van der Waals surface area contributed by atoms with Crippen molar-refractivity contribution in [3.8, 4) is 0 Å². The Morgan fingerprint density at radius 1 is 1.29 bits per heavy atom. The molecule has 0 amide bonds. The van der Waals surface area contributed by atoms with E-state index in [-0.39, 0.29) is 5.92 Å². The van der Waals surface area contributed by atoms with Crippen molar-refractivity contribution in [3.63, 3.8) is 0 Å². The number of aromatic nitrogens is 2. The van der Waals surface area contributed by atoms with Gasteiger partial charge >= 0.3 is 0 Å². The van der Waals surface area contributed by atoms with Gasteiger partial charge in [-0.05, 0) is 56.0 Å². The highest BCUT2D eigenvalue weighted by Gasteiger charge is 2.22. The molecule has 1 fully saturated rings. The summed E-state index contributed by atoms with van der Waals surface area (Å²) in [6.07, 6.45) is 2.08. The van der Waals surface area contributed by atoms with Crippen molar-refractivity contribution >= 4 is 0 Å². The first-order chi connectivity index (χ1) is 10.1. The fourth-order valence-electron chi connectivity index (χ4n) is 3.02. The van der Waals surface area contributed by atoms with E-state index >= 15 is 0 Å². The van der Waals surface area contributed by atoms with Crippen molar-refractivity contribution < 1.29 is 8.78 Å². The summed E-state index contributed by atoms with van der Waals surface area (Å²) in [5.74, 6) is -1.28. The number of aromatic amines is 1. The molecule has 1 atom stereocenters. The quantitative estimate of drug-likeness (QED) is 0.940. The van der Waals surface area contributed by atoms with Gasteiger partial charge in [0.2, 0.25) is 0 Å². The number of H-pyrrole nitrogens is 1. The van der Waals surface area contributed by atoms with Gasteiger partial charge in [-0.1, -0.05) is 6.07 Å². The first-order valence-corrected chi connectivity index (χ1v) is 7.30. The zero-order valence-electron chi connectivity index (χ0n) is 12.1. The standard InChI is InChI=1S/C16H19F2N3/c1-11-7-14(20-19-11)10-21-6-2-3-13(9-21)12-4-5-15(17)16(18)8-12/h4-5,7-8,13H,2-3,6,9-10H2,1H3,(H,19,20). The Balaban J connectivity index is 1.68. The molecule has 3 rings (SSSR count). The fourth-order valence-corrected chi connectivity index (χ4v) is 3.02. The highest BCUT2D eigenvalue weighted by Crippen LogP contribution is 2.28. The van der Waals surface area contributed by atoms with E-state index < -0.39 is 11.6 Å². The zero-order chi connectivity index (χ0) is 14.8. The van der Waals surface area contributed by atoms with Gasteiger partial charge in [0.15, 0.2) is 11.6 Å². The van der Waals surface area contributed by atoms with Gasteiger partial charge in [-0.2, -0.15) is 5.10 Å². The fraction of sp³-hybridized carbons (Fsp3) is 0.438. The summed E-state index contributed by atoms with van der Waals surface area (Å²) in [6.45, 7) is 4.66. The number of hydrogen-bond donors (Lipinski definition) is 1. The van der Waals surface area contributed by atoms with Crippen LogP contribution in [0.2, 0.25) is 0 Å². The van der Waals surface area contributed by atoms with E-state index in [0.29, 0.717) is 0 Å². The van der Waals surface area contributed by atoms with Gasteiger partial charge in [0, 0.05) is 18.8 Å². The van der Waals surface area contributed by atoms with Crippen molar-refractivity contribution in [1.29, 1.82) is 0 Å². The zero-order valence-corrected chi connectivity index (χ0v) is 12.1. The average molecular weight is 291 g/mol. The van der Waals surface area contributed by atoms with Gasteiger partial charge in [0.05, 0.1) is 5.69 Å². The van der Waals surface area contributed by atoms with Crippen molar-refractivity contribution in [2.24, 2.45) is 0 Å². The Labute approximate surface area is 123 Å². The minimum Gasteiger partial charge on any atom is -0.297 e. The molecule has 3 nitrogen and oxygen atoms in total. The van der Waals surface area contributed by atoms with E-state index in [1.54, 1.807) is 6.07 Å². The maximum atomic E-state index is 13.4. The number of benzene rings is 1. The minimum absolute atomic E-state index is 0.258. The van der Waals surface area contributed by atoms with Crippen LogP contribution in [0.4, 0.5) is 8.78 Å². The van der Waals surface area contributed by atoms with Crippen LogP contribution in [0.5, 0.6) is 0 Å². The largest absolute Gasteiger partial charge is 0.297 e. The van der Waals surface area contributed by atoms with Crippen LogP contribution in [0.3, 0.4) is 0 Å². The molecular formula is C16H19F2N3. The van der Waals surface area contributed by atoms with E-state index in [1.165, 1.54) is 12.1 Å². The van der Waals surface area contributed by atoms with E-state index in [4.69, 9.17) is 0 Å². The second-order valence-electron chi connectivity index (χ2n) is 5.79. The molecule has 1 saturated heterocycles. The predicted octanol–water partition coefficient (Wildman–Crippen LogP) is 3.38. The molecule has 0 radical (unpaired) electrons. The summed E-state index contributed by atoms with van der Waals surface area (Å²) in [5.41, 5.74) is 2.97. The van der Waals surface area contributed by atoms with Crippen LogP contribution in [-0.2, 0) is 6.54 Å². The lowest BCUT2D eigenvalue weighted by atomic mass is 9.90. The molecule has 2 aromatic rings. The lowest BCUT2D eigenvalue weighted by Crippen LogP contribution is -2.34. The van der Waals surface area contributed by atoms with E-state index in [2.05, 4.69) is 15.1 Å². The van der Waals surface area contributed by atoms with Crippen molar-refractivity contribution in [3.05, 3.63) is 52.9 Å². The van der Waals surface area contributed by atoms with Crippen LogP contribution in [0.1, 0.15) is 35.7 Å². The Kier molecular flexibility index (Phi) is 4.01.